The molecule has 0 radical (unpaired) electrons. The lowest BCUT2D eigenvalue weighted by molar-refractivity contribution is -0.116. The van der Waals surface area contributed by atoms with Gasteiger partial charge in [-0.3, -0.25) is 4.79 Å². The van der Waals surface area contributed by atoms with E-state index >= 15 is 0 Å². The van der Waals surface area contributed by atoms with Crippen LogP contribution in [0.2, 0.25) is 0 Å². The normalized spacial score (nSPS) is 10.8. The molecule has 0 aliphatic heterocycles. The van der Waals surface area contributed by atoms with Crippen molar-refractivity contribution in [3.63, 3.8) is 0 Å². The van der Waals surface area contributed by atoms with Crippen LogP contribution in [0.3, 0.4) is 0 Å². The minimum Gasteiger partial charge on any atom is -0.334 e. The molecule has 0 aliphatic carbocycles. The molecule has 1 heterocycles. The standard InChI is InChI=1S/C20H21N3O2/c1-14(2)12-13-18(24)21-17-11-7-6-10-16(17)20-22-19(23-25-20)15-8-4-3-5-9-15/h3-11,14H,12-13H2,1-2H3,(H,21,24). The average molecular weight is 335 g/mol. The van der Waals surface area contributed by atoms with Crippen molar-refractivity contribution >= 4 is 11.6 Å². The number of benzene rings is 2. The van der Waals surface area contributed by atoms with Gasteiger partial charge < -0.3 is 9.84 Å². The Kier molecular flexibility index (Phi) is 5.23. The van der Waals surface area contributed by atoms with E-state index in [2.05, 4.69) is 29.3 Å². The largest absolute Gasteiger partial charge is 0.334 e. The van der Waals surface area contributed by atoms with E-state index < -0.39 is 0 Å². The number of aromatic nitrogens is 2. The molecule has 2 aromatic carbocycles. The molecule has 5 heteroatoms. The van der Waals surface area contributed by atoms with Gasteiger partial charge in [0, 0.05) is 12.0 Å². The van der Waals surface area contributed by atoms with Crippen molar-refractivity contribution in [3.05, 3.63) is 54.6 Å². The van der Waals surface area contributed by atoms with E-state index in [9.17, 15) is 4.79 Å². The fourth-order valence-corrected chi connectivity index (χ4v) is 2.45. The second-order valence-corrected chi connectivity index (χ2v) is 6.32. The van der Waals surface area contributed by atoms with Crippen LogP contribution in [0, 0.1) is 5.92 Å². The number of hydrogen-bond acceptors (Lipinski definition) is 4. The molecular weight excluding hydrogens is 314 g/mol. The summed E-state index contributed by atoms with van der Waals surface area (Å²) in [5.74, 6) is 1.39. The molecular formula is C20H21N3O2. The summed E-state index contributed by atoms with van der Waals surface area (Å²) in [7, 11) is 0. The van der Waals surface area contributed by atoms with Crippen molar-refractivity contribution in [1.82, 2.24) is 10.1 Å². The lowest BCUT2D eigenvalue weighted by Crippen LogP contribution is -2.12. The summed E-state index contributed by atoms with van der Waals surface area (Å²) in [5, 5.41) is 6.99. The van der Waals surface area contributed by atoms with Crippen LogP contribution in [0.5, 0.6) is 0 Å². The van der Waals surface area contributed by atoms with Crippen LogP contribution < -0.4 is 5.32 Å². The molecule has 0 spiro atoms. The van der Waals surface area contributed by atoms with Gasteiger partial charge in [0.25, 0.3) is 5.89 Å². The first-order valence-corrected chi connectivity index (χ1v) is 8.42. The first-order valence-electron chi connectivity index (χ1n) is 8.42. The summed E-state index contributed by atoms with van der Waals surface area (Å²) in [5.41, 5.74) is 2.28. The van der Waals surface area contributed by atoms with Crippen molar-refractivity contribution < 1.29 is 9.32 Å². The van der Waals surface area contributed by atoms with Crippen LogP contribution in [0.25, 0.3) is 22.8 Å². The maximum atomic E-state index is 12.1. The van der Waals surface area contributed by atoms with E-state index in [0.717, 1.165) is 17.5 Å². The molecule has 0 unspecified atom stereocenters. The molecule has 0 saturated heterocycles. The van der Waals surface area contributed by atoms with Gasteiger partial charge in [-0.15, -0.1) is 0 Å². The van der Waals surface area contributed by atoms with Crippen LogP contribution in [0.15, 0.2) is 59.1 Å². The van der Waals surface area contributed by atoms with E-state index in [0.29, 0.717) is 29.7 Å². The minimum atomic E-state index is -0.0102. The number of nitrogens with one attached hydrogen (secondary N) is 1. The van der Waals surface area contributed by atoms with Gasteiger partial charge >= 0.3 is 0 Å². The van der Waals surface area contributed by atoms with Crippen LogP contribution in [0.4, 0.5) is 5.69 Å². The summed E-state index contributed by atoms with van der Waals surface area (Å²) in [6.45, 7) is 4.20. The molecule has 0 atom stereocenters. The van der Waals surface area contributed by atoms with Crippen molar-refractivity contribution in [1.29, 1.82) is 0 Å². The molecule has 25 heavy (non-hydrogen) atoms. The van der Waals surface area contributed by atoms with Crippen molar-refractivity contribution in [2.75, 3.05) is 5.32 Å². The Balaban J connectivity index is 1.82. The zero-order chi connectivity index (χ0) is 17.6. The number of amides is 1. The highest BCUT2D eigenvalue weighted by molar-refractivity contribution is 5.94. The molecule has 1 N–H and O–H groups in total. The second kappa shape index (κ2) is 7.75. The molecule has 128 valence electrons. The Labute approximate surface area is 147 Å². The zero-order valence-corrected chi connectivity index (χ0v) is 14.4. The van der Waals surface area contributed by atoms with E-state index in [-0.39, 0.29) is 5.91 Å². The Morgan fingerprint density at radius 3 is 2.56 bits per heavy atom. The number of nitrogens with zero attached hydrogens (tertiary/aromatic N) is 2. The van der Waals surface area contributed by atoms with Gasteiger partial charge in [0.15, 0.2) is 0 Å². The summed E-state index contributed by atoms with van der Waals surface area (Å²) < 4.78 is 5.41. The van der Waals surface area contributed by atoms with Crippen LogP contribution >= 0.6 is 0 Å². The predicted molar refractivity (Wildman–Crippen MR) is 97.9 cm³/mol. The highest BCUT2D eigenvalue weighted by Crippen LogP contribution is 2.28. The fourth-order valence-electron chi connectivity index (χ4n) is 2.45. The van der Waals surface area contributed by atoms with Crippen LogP contribution in [-0.4, -0.2) is 16.0 Å². The lowest BCUT2D eigenvalue weighted by atomic mass is 10.1. The lowest BCUT2D eigenvalue weighted by Gasteiger charge is -2.09. The first-order chi connectivity index (χ1) is 12.1. The van der Waals surface area contributed by atoms with Crippen molar-refractivity contribution in [3.8, 4) is 22.8 Å². The highest BCUT2D eigenvalue weighted by Gasteiger charge is 2.15. The first kappa shape index (κ1) is 16.9. The van der Waals surface area contributed by atoms with Crippen LogP contribution in [0.1, 0.15) is 26.7 Å². The van der Waals surface area contributed by atoms with Gasteiger partial charge in [-0.25, -0.2) is 0 Å². The van der Waals surface area contributed by atoms with Crippen molar-refractivity contribution in [2.45, 2.75) is 26.7 Å². The topological polar surface area (TPSA) is 68.0 Å². The number of anilines is 1. The SMILES string of the molecule is CC(C)CCC(=O)Nc1ccccc1-c1nc(-c2ccccc2)no1. The Morgan fingerprint density at radius 1 is 1.08 bits per heavy atom. The van der Waals surface area contributed by atoms with Crippen LogP contribution in [-0.2, 0) is 4.79 Å². The quantitative estimate of drug-likeness (QED) is 0.704. The Hall–Kier alpha value is -2.95. The van der Waals surface area contributed by atoms with Gasteiger partial charge in [-0.1, -0.05) is 61.5 Å². The fraction of sp³-hybridized carbons (Fsp3) is 0.250. The van der Waals surface area contributed by atoms with Gasteiger partial charge in [0.2, 0.25) is 11.7 Å². The maximum absolute atomic E-state index is 12.1. The molecule has 1 amide bonds. The zero-order valence-electron chi connectivity index (χ0n) is 14.4. The average Bonchev–Trinajstić information content (AvgIpc) is 3.11. The maximum Gasteiger partial charge on any atom is 0.260 e. The summed E-state index contributed by atoms with van der Waals surface area (Å²) >= 11 is 0. The molecule has 0 aliphatic rings. The number of rotatable bonds is 6. The monoisotopic (exact) mass is 335 g/mol. The molecule has 0 saturated carbocycles. The molecule has 3 aromatic rings. The summed E-state index contributed by atoms with van der Waals surface area (Å²) in [6, 6.07) is 17.1. The van der Waals surface area contributed by atoms with E-state index in [1.54, 1.807) is 0 Å². The smallest absolute Gasteiger partial charge is 0.260 e. The molecule has 0 bridgehead atoms. The van der Waals surface area contributed by atoms with E-state index in [1.807, 2.05) is 54.6 Å². The molecule has 3 rings (SSSR count). The number of carbonyl (C=O) groups is 1. The third kappa shape index (κ3) is 4.32. The van der Waals surface area contributed by atoms with Gasteiger partial charge in [0.1, 0.15) is 0 Å². The minimum absolute atomic E-state index is 0.0102. The molecule has 1 aromatic heterocycles. The summed E-state index contributed by atoms with van der Waals surface area (Å²) in [6.07, 6.45) is 1.35. The second-order valence-electron chi connectivity index (χ2n) is 6.32. The van der Waals surface area contributed by atoms with Gasteiger partial charge in [-0.05, 0) is 24.5 Å². The highest BCUT2D eigenvalue weighted by atomic mass is 16.5. The number of para-hydroxylation sites is 1. The molecule has 0 fully saturated rings. The third-order valence-corrected chi connectivity index (χ3v) is 3.84. The van der Waals surface area contributed by atoms with Crippen molar-refractivity contribution in [2.24, 2.45) is 5.92 Å². The Morgan fingerprint density at radius 2 is 1.80 bits per heavy atom. The number of carbonyl (C=O) groups excluding carboxylic acids is 1. The third-order valence-electron chi connectivity index (χ3n) is 3.84. The van der Waals surface area contributed by atoms with Gasteiger partial charge in [0.05, 0.1) is 11.3 Å². The summed E-state index contributed by atoms with van der Waals surface area (Å²) in [4.78, 5) is 16.6. The number of hydrogen-bond donors (Lipinski definition) is 1. The van der Waals surface area contributed by atoms with E-state index in [1.165, 1.54) is 0 Å². The molecule has 5 nitrogen and oxygen atoms in total. The van der Waals surface area contributed by atoms with Gasteiger partial charge in [-0.2, -0.15) is 4.98 Å². The Bertz CT molecular complexity index is 841. The predicted octanol–water partition coefficient (Wildman–Crippen LogP) is 4.78. The van der Waals surface area contributed by atoms with E-state index in [4.69, 9.17) is 4.52 Å².